The first-order valence-corrected chi connectivity index (χ1v) is 8.06. The summed E-state index contributed by atoms with van der Waals surface area (Å²) >= 11 is 1.51. The SMILES string of the molecule is Cc1ccc(CC(=O)Nc2nc3ccc(C)cc3s2)c(C)c1. The highest BCUT2D eigenvalue weighted by atomic mass is 32.1. The maximum Gasteiger partial charge on any atom is 0.230 e. The van der Waals surface area contributed by atoms with Crippen LogP contribution < -0.4 is 5.32 Å². The van der Waals surface area contributed by atoms with Crippen molar-refractivity contribution in [2.24, 2.45) is 0 Å². The molecule has 0 saturated carbocycles. The van der Waals surface area contributed by atoms with E-state index in [9.17, 15) is 4.79 Å². The summed E-state index contributed by atoms with van der Waals surface area (Å²) < 4.78 is 1.10. The summed E-state index contributed by atoms with van der Waals surface area (Å²) in [5.41, 5.74) is 5.54. The van der Waals surface area contributed by atoms with Gasteiger partial charge in [0.2, 0.25) is 5.91 Å². The smallest absolute Gasteiger partial charge is 0.230 e. The molecular weight excluding hydrogens is 292 g/mol. The van der Waals surface area contributed by atoms with Crippen LogP contribution in [0.15, 0.2) is 36.4 Å². The molecule has 22 heavy (non-hydrogen) atoms. The Labute approximate surface area is 134 Å². The average Bonchev–Trinajstić information content (AvgIpc) is 2.83. The predicted octanol–water partition coefficient (Wildman–Crippen LogP) is 4.40. The van der Waals surface area contributed by atoms with Crippen molar-refractivity contribution in [3.63, 3.8) is 0 Å². The average molecular weight is 310 g/mol. The first-order valence-electron chi connectivity index (χ1n) is 7.24. The highest BCUT2D eigenvalue weighted by Crippen LogP contribution is 2.26. The van der Waals surface area contributed by atoms with E-state index in [-0.39, 0.29) is 5.91 Å². The second-order valence-electron chi connectivity index (χ2n) is 5.65. The molecule has 1 heterocycles. The second kappa shape index (κ2) is 5.89. The van der Waals surface area contributed by atoms with Crippen molar-refractivity contribution in [2.45, 2.75) is 27.2 Å². The van der Waals surface area contributed by atoms with E-state index < -0.39 is 0 Å². The largest absolute Gasteiger partial charge is 0.302 e. The number of thiazole rings is 1. The summed E-state index contributed by atoms with van der Waals surface area (Å²) in [5, 5.41) is 3.57. The van der Waals surface area contributed by atoms with Crippen molar-refractivity contribution < 1.29 is 4.79 Å². The summed E-state index contributed by atoms with van der Waals surface area (Å²) in [6.45, 7) is 6.15. The molecule has 3 rings (SSSR count). The van der Waals surface area contributed by atoms with Gasteiger partial charge in [0.05, 0.1) is 16.6 Å². The van der Waals surface area contributed by atoms with Gasteiger partial charge in [-0.2, -0.15) is 0 Å². The highest BCUT2D eigenvalue weighted by molar-refractivity contribution is 7.22. The first-order chi connectivity index (χ1) is 10.5. The monoisotopic (exact) mass is 310 g/mol. The summed E-state index contributed by atoms with van der Waals surface area (Å²) in [6, 6.07) is 12.3. The third kappa shape index (κ3) is 3.17. The van der Waals surface area contributed by atoms with Crippen LogP contribution in [0.3, 0.4) is 0 Å². The fourth-order valence-electron chi connectivity index (χ4n) is 2.47. The Bertz CT molecular complexity index is 851. The van der Waals surface area contributed by atoms with Gasteiger partial charge in [-0.3, -0.25) is 4.79 Å². The number of hydrogen-bond donors (Lipinski definition) is 1. The van der Waals surface area contributed by atoms with Gasteiger partial charge < -0.3 is 5.32 Å². The van der Waals surface area contributed by atoms with Crippen LogP contribution in [0.1, 0.15) is 22.3 Å². The number of nitrogens with zero attached hydrogens (tertiary/aromatic N) is 1. The van der Waals surface area contributed by atoms with Crippen molar-refractivity contribution >= 4 is 32.6 Å². The molecule has 0 aliphatic carbocycles. The zero-order chi connectivity index (χ0) is 15.7. The summed E-state index contributed by atoms with van der Waals surface area (Å²) in [4.78, 5) is 16.7. The molecule has 3 nitrogen and oxygen atoms in total. The zero-order valence-corrected chi connectivity index (χ0v) is 13.8. The van der Waals surface area contributed by atoms with Crippen LogP contribution in [0.5, 0.6) is 0 Å². The molecule has 4 heteroatoms. The van der Waals surface area contributed by atoms with Crippen molar-refractivity contribution in [3.8, 4) is 0 Å². The van der Waals surface area contributed by atoms with E-state index in [1.807, 2.05) is 31.2 Å². The van der Waals surface area contributed by atoms with Gasteiger partial charge in [-0.05, 0) is 49.6 Å². The van der Waals surface area contributed by atoms with Gasteiger partial charge >= 0.3 is 0 Å². The maximum atomic E-state index is 12.2. The van der Waals surface area contributed by atoms with Gasteiger partial charge in [-0.25, -0.2) is 4.98 Å². The number of carbonyl (C=O) groups is 1. The molecule has 2 aromatic carbocycles. The predicted molar refractivity (Wildman–Crippen MR) is 92.6 cm³/mol. The van der Waals surface area contributed by atoms with Gasteiger partial charge in [0.1, 0.15) is 0 Å². The number of amides is 1. The maximum absolute atomic E-state index is 12.2. The molecule has 1 amide bonds. The molecule has 1 N–H and O–H groups in total. The Morgan fingerprint density at radius 3 is 2.59 bits per heavy atom. The van der Waals surface area contributed by atoms with Gasteiger partial charge in [0, 0.05) is 0 Å². The number of rotatable bonds is 3. The lowest BCUT2D eigenvalue weighted by atomic mass is 10.0. The van der Waals surface area contributed by atoms with Crippen molar-refractivity contribution in [1.29, 1.82) is 0 Å². The Kier molecular flexibility index (Phi) is 3.94. The van der Waals surface area contributed by atoms with Gasteiger partial charge in [-0.1, -0.05) is 41.2 Å². The third-order valence-corrected chi connectivity index (χ3v) is 4.57. The lowest BCUT2D eigenvalue weighted by Gasteiger charge is -2.06. The van der Waals surface area contributed by atoms with E-state index in [0.29, 0.717) is 11.6 Å². The molecule has 0 unspecified atom stereocenters. The minimum atomic E-state index is -0.0252. The number of anilines is 1. The third-order valence-electron chi connectivity index (χ3n) is 3.64. The Balaban J connectivity index is 1.75. The van der Waals surface area contributed by atoms with Crippen LogP contribution in [0.25, 0.3) is 10.2 Å². The Morgan fingerprint density at radius 2 is 1.82 bits per heavy atom. The molecule has 0 bridgehead atoms. The number of aryl methyl sites for hydroxylation is 3. The highest BCUT2D eigenvalue weighted by Gasteiger charge is 2.10. The van der Waals surface area contributed by atoms with Crippen LogP contribution in [0.2, 0.25) is 0 Å². The van der Waals surface area contributed by atoms with Crippen molar-refractivity contribution in [1.82, 2.24) is 4.98 Å². The van der Waals surface area contributed by atoms with E-state index in [4.69, 9.17) is 0 Å². The summed E-state index contributed by atoms with van der Waals surface area (Å²) in [6.07, 6.45) is 0.376. The van der Waals surface area contributed by atoms with Crippen LogP contribution in [0, 0.1) is 20.8 Å². The van der Waals surface area contributed by atoms with Crippen LogP contribution in [-0.4, -0.2) is 10.9 Å². The number of nitrogens with one attached hydrogen (secondary N) is 1. The van der Waals surface area contributed by atoms with Gasteiger partial charge in [-0.15, -0.1) is 0 Å². The minimum absolute atomic E-state index is 0.0252. The van der Waals surface area contributed by atoms with Crippen molar-refractivity contribution in [2.75, 3.05) is 5.32 Å². The fraction of sp³-hybridized carbons (Fsp3) is 0.222. The standard InChI is InChI=1S/C18H18N2OS/c1-11-4-6-14(13(3)8-11)10-17(21)20-18-19-15-7-5-12(2)9-16(15)22-18/h4-9H,10H2,1-3H3,(H,19,20,21). The molecule has 1 aromatic heterocycles. The number of aromatic nitrogens is 1. The normalized spacial score (nSPS) is 10.9. The molecule has 3 aromatic rings. The molecule has 0 aliphatic rings. The molecule has 0 saturated heterocycles. The molecule has 0 aliphatic heterocycles. The Hall–Kier alpha value is -2.20. The first kappa shape index (κ1) is 14.7. The summed E-state index contributed by atoms with van der Waals surface area (Å²) in [5.74, 6) is -0.0252. The quantitative estimate of drug-likeness (QED) is 0.779. The van der Waals surface area contributed by atoms with Gasteiger partial charge in [0.25, 0.3) is 0 Å². The molecule has 0 fully saturated rings. The lowest BCUT2D eigenvalue weighted by Crippen LogP contribution is -2.14. The zero-order valence-electron chi connectivity index (χ0n) is 12.9. The molecule has 0 atom stereocenters. The molecule has 112 valence electrons. The van der Waals surface area contributed by atoms with Crippen LogP contribution in [0.4, 0.5) is 5.13 Å². The van der Waals surface area contributed by atoms with E-state index in [2.05, 4.69) is 36.3 Å². The van der Waals surface area contributed by atoms with Crippen LogP contribution >= 0.6 is 11.3 Å². The van der Waals surface area contributed by atoms with Crippen LogP contribution in [-0.2, 0) is 11.2 Å². The minimum Gasteiger partial charge on any atom is -0.302 e. The summed E-state index contributed by atoms with van der Waals surface area (Å²) in [7, 11) is 0. The van der Waals surface area contributed by atoms with E-state index in [1.54, 1.807) is 0 Å². The second-order valence-corrected chi connectivity index (χ2v) is 6.68. The topological polar surface area (TPSA) is 42.0 Å². The molecular formula is C18H18N2OS. The number of hydrogen-bond acceptors (Lipinski definition) is 3. The van der Waals surface area contributed by atoms with E-state index in [0.717, 1.165) is 21.3 Å². The Morgan fingerprint density at radius 1 is 1.09 bits per heavy atom. The lowest BCUT2D eigenvalue weighted by molar-refractivity contribution is -0.115. The molecule has 0 spiro atoms. The van der Waals surface area contributed by atoms with Gasteiger partial charge in [0.15, 0.2) is 5.13 Å². The number of carbonyl (C=O) groups excluding carboxylic acids is 1. The van der Waals surface area contributed by atoms with E-state index in [1.165, 1.54) is 22.5 Å². The van der Waals surface area contributed by atoms with Crippen molar-refractivity contribution in [3.05, 3.63) is 58.7 Å². The van der Waals surface area contributed by atoms with E-state index >= 15 is 0 Å². The molecule has 0 radical (unpaired) electrons. The number of fused-ring (bicyclic) bond motifs is 1. The fourth-order valence-corrected chi connectivity index (χ4v) is 3.45. The number of benzene rings is 2.